The molecule has 0 saturated carbocycles. The second-order valence-corrected chi connectivity index (χ2v) is 4.30. The summed E-state index contributed by atoms with van der Waals surface area (Å²) in [5.74, 6) is 1.72. The molecular weight excluding hydrogens is 190 g/mol. The van der Waals surface area contributed by atoms with Gasteiger partial charge in [-0.25, -0.2) is 9.98 Å². The first-order chi connectivity index (χ1) is 6.91. The van der Waals surface area contributed by atoms with E-state index >= 15 is 0 Å². The van der Waals surface area contributed by atoms with Crippen molar-refractivity contribution < 1.29 is 0 Å². The minimum absolute atomic E-state index is 0.201. The minimum atomic E-state index is 0.201. The average molecular weight is 211 g/mol. The maximum atomic E-state index is 4.58. The Morgan fingerprint density at radius 1 is 0.867 bits per heavy atom. The lowest BCUT2D eigenvalue weighted by Gasteiger charge is -2.21. The van der Waals surface area contributed by atoms with Gasteiger partial charge in [-0.05, 0) is 13.8 Å². The quantitative estimate of drug-likeness (QED) is 0.622. The van der Waals surface area contributed by atoms with Gasteiger partial charge in [0.15, 0.2) is 0 Å². The van der Waals surface area contributed by atoms with E-state index < -0.39 is 0 Å². The van der Waals surface area contributed by atoms with Gasteiger partial charge in [0.25, 0.3) is 0 Å². The zero-order valence-corrected chi connectivity index (χ0v) is 10.4. The number of guanidine groups is 2. The molecule has 15 heavy (non-hydrogen) atoms. The van der Waals surface area contributed by atoms with Gasteiger partial charge in [0.05, 0.1) is 12.1 Å². The summed E-state index contributed by atoms with van der Waals surface area (Å²) in [5, 5.41) is 3.23. The molecule has 1 heterocycles. The summed E-state index contributed by atoms with van der Waals surface area (Å²) in [4.78, 5) is 13.1. The molecule has 86 valence electrons. The highest BCUT2D eigenvalue weighted by atomic mass is 15.4. The molecule has 0 saturated heterocycles. The van der Waals surface area contributed by atoms with Gasteiger partial charge < -0.3 is 9.80 Å². The first kappa shape index (κ1) is 11.8. The Balaban J connectivity index is 2.97. The van der Waals surface area contributed by atoms with Crippen LogP contribution in [0.1, 0.15) is 13.8 Å². The fourth-order valence-corrected chi connectivity index (χ4v) is 1.22. The standard InChI is InChI=1S/C10H21N5/c1-7-8(2)12-10(15(5)6)13-9(11-7)14(3)4/h7-8H,1-6H3,(H,11,12,13). The van der Waals surface area contributed by atoms with E-state index in [-0.39, 0.29) is 12.1 Å². The third kappa shape index (κ3) is 2.84. The van der Waals surface area contributed by atoms with Crippen LogP contribution in [0.2, 0.25) is 0 Å². The largest absolute Gasteiger partial charge is 0.349 e. The molecule has 1 rings (SSSR count). The Hall–Kier alpha value is -1.26. The molecule has 2 unspecified atom stereocenters. The van der Waals surface area contributed by atoms with Crippen LogP contribution in [-0.4, -0.2) is 62.0 Å². The van der Waals surface area contributed by atoms with Gasteiger partial charge in [-0.1, -0.05) is 0 Å². The fourth-order valence-electron chi connectivity index (χ4n) is 1.22. The van der Waals surface area contributed by atoms with E-state index in [4.69, 9.17) is 0 Å². The Kier molecular flexibility index (Phi) is 3.55. The summed E-state index contributed by atoms with van der Waals surface area (Å²) in [6, 6.07) is 0.402. The van der Waals surface area contributed by atoms with Crippen LogP contribution in [0.5, 0.6) is 0 Å². The Morgan fingerprint density at radius 2 is 1.20 bits per heavy atom. The molecule has 1 aliphatic heterocycles. The number of rotatable bonds is 0. The van der Waals surface area contributed by atoms with Crippen molar-refractivity contribution in [2.75, 3.05) is 28.2 Å². The molecule has 0 aromatic carbocycles. The van der Waals surface area contributed by atoms with Gasteiger partial charge in [-0.2, -0.15) is 0 Å². The molecule has 5 heteroatoms. The summed E-state index contributed by atoms with van der Waals surface area (Å²) < 4.78 is 0. The van der Waals surface area contributed by atoms with Crippen molar-refractivity contribution in [2.24, 2.45) is 9.98 Å². The molecule has 0 aromatic rings. The second-order valence-electron chi connectivity index (χ2n) is 4.30. The molecule has 0 bridgehead atoms. The van der Waals surface area contributed by atoms with E-state index in [9.17, 15) is 0 Å². The van der Waals surface area contributed by atoms with Crippen LogP contribution in [0, 0.1) is 0 Å². The highest BCUT2D eigenvalue weighted by molar-refractivity contribution is 5.98. The monoisotopic (exact) mass is 211 g/mol. The first-order valence-corrected chi connectivity index (χ1v) is 5.19. The molecule has 0 aliphatic carbocycles. The second kappa shape index (κ2) is 4.51. The Labute approximate surface area is 91.9 Å². The Bertz CT molecular complexity index is 252. The fraction of sp³-hybridized carbons (Fsp3) is 0.800. The highest BCUT2D eigenvalue weighted by Gasteiger charge is 2.19. The van der Waals surface area contributed by atoms with Gasteiger partial charge in [0, 0.05) is 28.2 Å². The van der Waals surface area contributed by atoms with Gasteiger partial charge in [-0.15, -0.1) is 0 Å². The van der Waals surface area contributed by atoms with Crippen molar-refractivity contribution in [3.05, 3.63) is 0 Å². The van der Waals surface area contributed by atoms with Crippen LogP contribution in [0.25, 0.3) is 0 Å². The minimum Gasteiger partial charge on any atom is -0.349 e. The van der Waals surface area contributed by atoms with Crippen LogP contribution in [0.15, 0.2) is 9.98 Å². The molecule has 0 spiro atoms. The Morgan fingerprint density at radius 3 is 1.47 bits per heavy atom. The molecule has 0 radical (unpaired) electrons. The van der Waals surface area contributed by atoms with Crippen LogP contribution < -0.4 is 5.32 Å². The summed E-state index contributed by atoms with van der Waals surface area (Å²) in [6.07, 6.45) is 0. The van der Waals surface area contributed by atoms with E-state index in [0.29, 0.717) is 0 Å². The molecule has 0 aromatic heterocycles. The third-order valence-electron chi connectivity index (χ3n) is 2.42. The zero-order valence-electron chi connectivity index (χ0n) is 10.4. The van der Waals surface area contributed by atoms with Crippen LogP contribution >= 0.6 is 0 Å². The predicted octanol–water partition coefficient (Wildman–Crippen LogP) is 0.202. The smallest absolute Gasteiger partial charge is 0.200 e. The maximum absolute atomic E-state index is 4.58. The maximum Gasteiger partial charge on any atom is 0.200 e. The molecule has 5 nitrogen and oxygen atoms in total. The molecule has 1 N–H and O–H groups in total. The number of hydrogen-bond acceptors (Lipinski definition) is 5. The summed E-state index contributed by atoms with van der Waals surface area (Å²) in [5.41, 5.74) is 0. The first-order valence-electron chi connectivity index (χ1n) is 5.19. The molecule has 1 aliphatic rings. The van der Waals surface area contributed by atoms with E-state index in [1.54, 1.807) is 0 Å². The zero-order chi connectivity index (χ0) is 11.6. The van der Waals surface area contributed by atoms with Gasteiger partial charge in [0.2, 0.25) is 11.9 Å². The van der Waals surface area contributed by atoms with Crippen LogP contribution in [0.3, 0.4) is 0 Å². The van der Waals surface area contributed by atoms with Crippen LogP contribution in [0.4, 0.5) is 0 Å². The number of aliphatic imine (C=N–C) groups is 2. The lowest BCUT2D eigenvalue weighted by atomic mass is 10.2. The predicted molar refractivity (Wildman–Crippen MR) is 64.3 cm³/mol. The van der Waals surface area contributed by atoms with Crippen molar-refractivity contribution >= 4 is 11.9 Å². The molecular formula is C10H21N5. The normalized spacial score (nSPS) is 26.0. The van der Waals surface area contributed by atoms with E-state index in [0.717, 1.165) is 11.9 Å². The van der Waals surface area contributed by atoms with Crippen molar-refractivity contribution in [3.63, 3.8) is 0 Å². The van der Waals surface area contributed by atoms with Crippen LogP contribution in [-0.2, 0) is 0 Å². The highest BCUT2D eigenvalue weighted by Crippen LogP contribution is 2.07. The third-order valence-corrected chi connectivity index (χ3v) is 2.42. The summed E-state index contributed by atoms with van der Waals surface area (Å²) in [7, 11) is 7.90. The molecule has 0 fully saturated rings. The van der Waals surface area contributed by atoms with Gasteiger partial charge in [-0.3, -0.25) is 5.32 Å². The molecule has 2 atom stereocenters. The van der Waals surface area contributed by atoms with Gasteiger partial charge >= 0.3 is 0 Å². The van der Waals surface area contributed by atoms with Crippen molar-refractivity contribution in [3.8, 4) is 0 Å². The van der Waals surface area contributed by atoms with Crippen molar-refractivity contribution in [1.82, 2.24) is 15.1 Å². The lowest BCUT2D eigenvalue weighted by molar-refractivity contribution is 0.570. The average Bonchev–Trinajstić information content (AvgIpc) is 2.27. The molecule has 0 amide bonds. The SMILES string of the molecule is CC1N=C(N(C)C)NC(N(C)C)=NC1C. The van der Waals surface area contributed by atoms with Crippen molar-refractivity contribution in [1.29, 1.82) is 0 Å². The lowest BCUT2D eigenvalue weighted by Crippen LogP contribution is -2.45. The number of nitrogens with one attached hydrogen (secondary N) is 1. The van der Waals surface area contributed by atoms with E-state index in [1.807, 2.05) is 38.0 Å². The van der Waals surface area contributed by atoms with Crippen molar-refractivity contribution in [2.45, 2.75) is 25.9 Å². The number of nitrogens with zero attached hydrogens (tertiary/aromatic N) is 4. The topological polar surface area (TPSA) is 43.2 Å². The number of hydrogen-bond donors (Lipinski definition) is 1. The summed E-state index contributed by atoms with van der Waals surface area (Å²) >= 11 is 0. The van der Waals surface area contributed by atoms with E-state index in [1.165, 1.54) is 0 Å². The summed E-state index contributed by atoms with van der Waals surface area (Å²) in [6.45, 7) is 4.16. The van der Waals surface area contributed by atoms with Gasteiger partial charge in [0.1, 0.15) is 0 Å². The van der Waals surface area contributed by atoms with E-state index in [2.05, 4.69) is 29.1 Å².